The summed E-state index contributed by atoms with van der Waals surface area (Å²) in [7, 11) is 0. The Morgan fingerprint density at radius 2 is 2.22 bits per heavy atom. The Bertz CT molecular complexity index is 373. The summed E-state index contributed by atoms with van der Waals surface area (Å²) in [6, 6.07) is 0. The highest BCUT2D eigenvalue weighted by molar-refractivity contribution is 7.99. The van der Waals surface area contributed by atoms with Crippen LogP contribution in [0.1, 0.15) is 20.8 Å². The van der Waals surface area contributed by atoms with E-state index in [1.54, 1.807) is 20.8 Å². The maximum absolute atomic E-state index is 11.8. The number of carbonyl (C=O) groups excluding carboxylic acids is 2. The highest BCUT2D eigenvalue weighted by Gasteiger charge is 2.33. The van der Waals surface area contributed by atoms with Crippen molar-refractivity contribution in [3.63, 3.8) is 0 Å². The predicted octanol–water partition coefficient (Wildman–Crippen LogP) is 1.29. The van der Waals surface area contributed by atoms with Gasteiger partial charge in [-0.1, -0.05) is 0 Å². The number of alkyl carbamates (subject to hydrolysis) is 1. The molecule has 7 heteroatoms. The first-order chi connectivity index (χ1) is 8.33. The molecular weight excluding hydrogens is 254 g/mol. The van der Waals surface area contributed by atoms with E-state index < -0.39 is 17.9 Å². The first-order valence-corrected chi connectivity index (χ1v) is 6.69. The first kappa shape index (κ1) is 14.6. The van der Waals surface area contributed by atoms with Crippen LogP contribution in [0.2, 0.25) is 0 Å². The molecule has 0 aliphatic carbocycles. The highest BCUT2D eigenvalue weighted by atomic mass is 32.2. The number of hydrogen-bond acceptors (Lipinski definition) is 4. The molecule has 0 radical (unpaired) electrons. The standard InChI is InChI=1S/C11H17N3O3S/c1-11(2,3)17-10(16)13-5-9(15)14-7-18-6-8(14)12-4/h8H,5-7H2,1-3H3,(H,13,16)/t8-/m0/s1. The van der Waals surface area contributed by atoms with Crippen molar-refractivity contribution in [2.75, 3.05) is 18.2 Å². The molecule has 1 fully saturated rings. The average Bonchev–Trinajstić information content (AvgIpc) is 2.71. The minimum atomic E-state index is -0.623. The maximum atomic E-state index is 11.8. The van der Waals surface area contributed by atoms with Crippen LogP contribution in [0.5, 0.6) is 0 Å². The highest BCUT2D eigenvalue weighted by Crippen LogP contribution is 2.21. The van der Waals surface area contributed by atoms with Crippen LogP contribution in [0.3, 0.4) is 0 Å². The number of hydrogen-bond donors (Lipinski definition) is 1. The van der Waals surface area contributed by atoms with Crippen molar-refractivity contribution in [1.29, 1.82) is 0 Å². The largest absolute Gasteiger partial charge is 0.444 e. The molecule has 1 rings (SSSR count). The van der Waals surface area contributed by atoms with Gasteiger partial charge in [0.05, 0.1) is 11.6 Å². The molecular formula is C11H17N3O3S. The summed E-state index contributed by atoms with van der Waals surface area (Å²) in [6.07, 6.45) is -1.04. The van der Waals surface area contributed by atoms with E-state index in [2.05, 4.69) is 10.2 Å². The van der Waals surface area contributed by atoms with Crippen molar-refractivity contribution in [1.82, 2.24) is 10.2 Å². The zero-order chi connectivity index (χ0) is 13.8. The Labute approximate surface area is 111 Å². The molecule has 1 saturated heterocycles. The smallest absolute Gasteiger partial charge is 0.408 e. The molecule has 0 aromatic carbocycles. The normalized spacial score (nSPS) is 19.2. The summed E-state index contributed by atoms with van der Waals surface area (Å²) in [5.74, 6) is 0.871. The van der Waals surface area contributed by atoms with Gasteiger partial charge in [-0.05, 0) is 20.8 Å². The molecule has 0 unspecified atom stereocenters. The van der Waals surface area contributed by atoms with E-state index in [-0.39, 0.29) is 12.5 Å². The quantitative estimate of drug-likeness (QED) is 0.769. The molecule has 0 bridgehead atoms. The third-order valence-corrected chi connectivity index (χ3v) is 3.10. The van der Waals surface area contributed by atoms with Gasteiger partial charge in [0.2, 0.25) is 5.91 Å². The predicted molar refractivity (Wildman–Crippen MR) is 68.8 cm³/mol. The number of nitrogens with zero attached hydrogens (tertiary/aromatic N) is 2. The molecule has 1 aliphatic heterocycles. The fourth-order valence-electron chi connectivity index (χ4n) is 1.34. The Kier molecular flexibility index (Phi) is 4.84. The minimum absolute atomic E-state index is 0.137. The van der Waals surface area contributed by atoms with Crippen LogP contribution < -0.4 is 5.32 Å². The summed E-state index contributed by atoms with van der Waals surface area (Å²) in [5.41, 5.74) is -0.588. The van der Waals surface area contributed by atoms with E-state index in [0.717, 1.165) is 0 Å². The van der Waals surface area contributed by atoms with Crippen LogP contribution >= 0.6 is 11.8 Å². The molecule has 18 heavy (non-hydrogen) atoms. The second-order valence-electron chi connectivity index (χ2n) is 4.83. The molecule has 1 aliphatic rings. The summed E-state index contributed by atoms with van der Waals surface area (Å²) in [6.45, 7) is 12.1. The van der Waals surface area contributed by atoms with Gasteiger partial charge in [0.25, 0.3) is 0 Å². The van der Waals surface area contributed by atoms with Crippen molar-refractivity contribution in [2.24, 2.45) is 0 Å². The average molecular weight is 271 g/mol. The van der Waals surface area contributed by atoms with Crippen molar-refractivity contribution in [3.05, 3.63) is 11.4 Å². The number of ether oxygens (including phenoxy) is 1. The first-order valence-electron chi connectivity index (χ1n) is 5.54. The Balaban J connectivity index is 2.38. The fraction of sp³-hybridized carbons (Fsp3) is 0.727. The molecule has 100 valence electrons. The van der Waals surface area contributed by atoms with Crippen molar-refractivity contribution in [2.45, 2.75) is 32.5 Å². The lowest BCUT2D eigenvalue weighted by atomic mass is 10.2. The monoisotopic (exact) mass is 271 g/mol. The Morgan fingerprint density at radius 3 is 2.78 bits per heavy atom. The third kappa shape index (κ3) is 4.45. The van der Waals surface area contributed by atoms with Gasteiger partial charge in [0.1, 0.15) is 12.1 Å². The molecule has 1 atom stereocenters. The molecule has 2 amide bonds. The summed E-state index contributed by atoms with van der Waals surface area (Å²) >= 11 is 1.53. The summed E-state index contributed by atoms with van der Waals surface area (Å²) in [4.78, 5) is 28.0. The van der Waals surface area contributed by atoms with Crippen molar-refractivity contribution >= 4 is 23.8 Å². The summed E-state index contributed by atoms with van der Waals surface area (Å²) < 4.78 is 5.02. The maximum Gasteiger partial charge on any atom is 0.408 e. The SMILES string of the molecule is [C-]#[N+][C@@H]1CSCN1C(=O)CNC(=O)OC(C)(C)C. The lowest BCUT2D eigenvalue weighted by Gasteiger charge is -2.20. The molecule has 0 aromatic rings. The lowest BCUT2D eigenvalue weighted by Crippen LogP contribution is -2.43. The minimum Gasteiger partial charge on any atom is -0.444 e. The molecule has 0 spiro atoms. The van der Waals surface area contributed by atoms with Gasteiger partial charge in [-0.25, -0.2) is 11.4 Å². The van der Waals surface area contributed by atoms with E-state index >= 15 is 0 Å². The van der Waals surface area contributed by atoms with Gasteiger partial charge in [-0.3, -0.25) is 14.5 Å². The van der Waals surface area contributed by atoms with Gasteiger partial charge >= 0.3 is 12.3 Å². The van der Waals surface area contributed by atoms with Gasteiger partial charge in [0.15, 0.2) is 0 Å². The molecule has 1 N–H and O–H groups in total. The van der Waals surface area contributed by atoms with Crippen LogP contribution in [0.25, 0.3) is 4.85 Å². The van der Waals surface area contributed by atoms with Crippen LogP contribution in [0, 0.1) is 6.57 Å². The number of nitrogens with one attached hydrogen (secondary N) is 1. The molecule has 1 heterocycles. The van der Waals surface area contributed by atoms with E-state index in [0.29, 0.717) is 11.6 Å². The third-order valence-electron chi connectivity index (χ3n) is 2.11. The summed E-state index contributed by atoms with van der Waals surface area (Å²) in [5, 5.41) is 2.40. The van der Waals surface area contributed by atoms with Crippen molar-refractivity contribution < 1.29 is 14.3 Å². The van der Waals surface area contributed by atoms with Gasteiger partial charge in [-0.15, -0.1) is 11.8 Å². The number of thioether (sulfide) groups is 1. The molecule has 6 nitrogen and oxygen atoms in total. The van der Waals surface area contributed by atoms with Gasteiger partial charge in [0, 0.05) is 0 Å². The second-order valence-corrected chi connectivity index (χ2v) is 5.83. The number of amides is 2. The lowest BCUT2D eigenvalue weighted by molar-refractivity contribution is -0.129. The zero-order valence-corrected chi connectivity index (χ0v) is 11.5. The van der Waals surface area contributed by atoms with Crippen LogP contribution in [0.4, 0.5) is 4.79 Å². The Morgan fingerprint density at radius 1 is 1.56 bits per heavy atom. The molecule has 0 saturated carbocycles. The molecule has 0 aromatic heterocycles. The van der Waals surface area contributed by atoms with E-state index in [1.165, 1.54) is 16.7 Å². The fourth-order valence-corrected chi connectivity index (χ4v) is 2.42. The Hall–Kier alpha value is -1.42. The van der Waals surface area contributed by atoms with E-state index in [4.69, 9.17) is 11.3 Å². The van der Waals surface area contributed by atoms with E-state index in [1.807, 2.05) is 0 Å². The van der Waals surface area contributed by atoms with Crippen molar-refractivity contribution in [3.8, 4) is 0 Å². The van der Waals surface area contributed by atoms with Crippen LogP contribution in [0.15, 0.2) is 0 Å². The van der Waals surface area contributed by atoms with E-state index in [9.17, 15) is 9.59 Å². The van der Waals surface area contributed by atoms with Gasteiger partial charge in [-0.2, -0.15) is 0 Å². The van der Waals surface area contributed by atoms with Crippen LogP contribution in [-0.2, 0) is 9.53 Å². The topological polar surface area (TPSA) is 63.0 Å². The zero-order valence-electron chi connectivity index (χ0n) is 10.7. The second kappa shape index (κ2) is 5.96. The number of carbonyl (C=O) groups is 2. The van der Waals surface area contributed by atoms with Gasteiger partial charge < -0.3 is 10.1 Å². The number of rotatable bonds is 2. The van der Waals surface area contributed by atoms with Crippen LogP contribution in [-0.4, -0.2) is 46.8 Å².